The first-order chi connectivity index (χ1) is 7.41. The first-order valence-corrected chi connectivity index (χ1v) is 5.40. The van der Waals surface area contributed by atoms with Crippen LogP contribution in [0.25, 0.3) is 0 Å². The fourth-order valence-corrected chi connectivity index (χ4v) is 1.65. The molecule has 16 heavy (non-hydrogen) atoms. The zero-order valence-corrected chi connectivity index (χ0v) is 10.2. The zero-order chi connectivity index (χ0) is 12.2. The van der Waals surface area contributed by atoms with Gasteiger partial charge in [-0.15, -0.1) is 0 Å². The van der Waals surface area contributed by atoms with Crippen LogP contribution in [0.15, 0.2) is 12.4 Å². The van der Waals surface area contributed by atoms with E-state index in [4.69, 9.17) is 5.73 Å². The summed E-state index contributed by atoms with van der Waals surface area (Å²) < 4.78 is 1.99. The molecular formula is C11H20N4O. The van der Waals surface area contributed by atoms with Crippen molar-refractivity contribution < 1.29 is 4.79 Å². The fourth-order valence-electron chi connectivity index (χ4n) is 1.65. The molecule has 90 valence electrons. The quantitative estimate of drug-likeness (QED) is 0.725. The second-order valence-electron chi connectivity index (χ2n) is 4.66. The van der Waals surface area contributed by atoms with Crippen molar-refractivity contribution in [3.63, 3.8) is 0 Å². The van der Waals surface area contributed by atoms with Gasteiger partial charge in [-0.2, -0.15) is 0 Å². The van der Waals surface area contributed by atoms with E-state index in [-0.39, 0.29) is 11.4 Å². The number of nitrogens with zero attached hydrogens (tertiary/aromatic N) is 2. The van der Waals surface area contributed by atoms with Crippen molar-refractivity contribution in [3.05, 3.63) is 18.2 Å². The molecule has 0 radical (unpaired) electrons. The van der Waals surface area contributed by atoms with Crippen molar-refractivity contribution in [1.29, 1.82) is 0 Å². The topological polar surface area (TPSA) is 72.9 Å². The van der Waals surface area contributed by atoms with Crippen molar-refractivity contribution >= 4 is 5.91 Å². The van der Waals surface area contributed by atoms with Crippen molar-refractivity contribution in [2.45, 2.75) is 32.2 Å². The van der Waals surface area contributed by atoms with Gasteiger partial charge in [0.1, 0.15) is 5.82 Å². The molecule has 0 saturated heterocycles. The maximum atomic E-state index is 10.8. The third-order valence-electron chi connectivity index (χ3n) is 2.49. The number of hydrogen-bond acceptors (Lipinski definition) is 3. The summed E-state index contributed by atoms with van der Waals surface area (Å²) >= 11 is 0. The van der Waals surface area contributed by atoms with Crippen molar-refractivity contribution in [3.8, 4) is 0 Å². The van der Waals surface area contributed by atoms with Gasteiger partial charge >= 0.3 is 0 Å². The van der Waals surface area contributed by atoms with Crippen LogP contribution in [0.2, 0.25) is 0 Å². The highest BCUT2D eigenvalue weighted by molar-refractivity contribution is 5.74. The molecule has 5 nitrogen and oxygen atoms in total. The largest absolute Gasteiger partial charge is 0.370 e. The minimum atomic E-state index is -0.283. The highest BCUT2D eigenvalue weighted by atomic mass is 16.1. The van der Waals surface area contributed by atoms with Crippen LogP contribution in [0, 0.1) is 0 Å². The number of nitrogens with one attached hydrogen (secondary N) is 1. The number of carbonyl (C=O) groups is 1. The summed E-state index contributed by atoms with van der Waals surface area (Å²) in [7, 11) is 1.97. The summed E-state index contributed by atoms with van der Waals surface area (Å²) in [5, 5.41) is 3.30. The molecular weight excluding hydrogens is 204 g/mol. The molecule has 1 amide bonds. The molecule has 0 aliphatic carbocycles. The number of carbonyl (C=O) groups excluding carboxylic acids is 1. The molecule has 0 atom stereocenters. The van der Waals surface area contributed by atoms with Crippen molar-refractivity contribution in [2.75, 3.05) is 6.54 Å². The molecule has 0 aromatic carbocycles. The van der Waals surface area contributed by atoms with Crippen LogP contribution in [0.3, 0.4) is 0 Å². The molecule has 0 saturated carbocycles. The van der Waals surface area contributed by atoms with Crippen LogP contribution in [0.1, 0.15) is 26.1 Å². The van der Waals surface area contributed by atoms with Gasteiger partial charge in [-0.25, -0.2) is 4.98 Å². The van der Waals surface area contributed by atoms with E-state index in [0.29, 0.717) is 6.42 Å². The summed E-state index contributed by atoms with van der Waals surface area (Å²) in [6, 6.07) is 0. The number of aryl methyl sites for hydroxylation is 1. The molecule has 0 aliphatic heterocycles. The van der Waals surface area contributed by atoms with Gasteiger partial charge < -0.3 is 15.6 Å². The maximum absolute atomic E-state index is 10.8. The lowest BCUT2D eigenvalue weighted by Crippen LogP contribution is -2.43. The van der Waals surface area contributed by atoms with E-state index in [9.17, 15) is 4.79 Å². The Hall–Kier alpha value is -1.36. The lowest BCUT2D eigenvalue weighted by molar-refractivity contribution is -0.119. The molecule has 0 bridgehead atoms. The van der Waals surface area contributed by atoms with Gasteiger partial charge in [0.15, 0.2) is 0 Å². The minimum Gasteiger partial charge on any atom is -0.370 e. The van der Waals surface area contributed by atoms with Crippen LogP contribution in [0.4, 0.5) is 0 Å². The van der Waals surface area contributed by atoms with Crippen molar-refractivity contribution in [1.82, 2.24) is 14.9 Å². The van der Waals surface area contributed by atoms with Gasteiger partial charge in [-0.05, 0) is 13.8 Å². The third kappa shape index (κ3) is 4.02. The van der Waals surface area contributed by atoms with Crippen LogP contribution in [-0.4, -0.2) is 27.5 Å². The summed E-state index contributed by atoms with van der Waals surface area (Å²) in [6.45, 7) is 4.72. The Morgan fingerprint density at radius 2 is 2.31 bits per heavy atom. The third-order valence-corrected chi connectivity index (χ3v) is 2.49. The number of hydrogen-bond donors (Lipinski definition) is 2. The molecule has 5 heteroatoms. The van der Waals surface area contributed by atoms with E-state index in [0.717, 1.165) is 18.8 Å². The van der Waals surface area contributed by atoms with Gasteiger partial charge in [0, 0.05) is 44.4 Å². The maximum Gasteiger partial charge on any atom is 0.219 e. The Morgan fingerprint density at radius 3 is 2.81 bits per heavy atom. The van der Waals surface area contributed by atoms with E-state index >= 15 is 0 Å². The monoisotopic (exact) mass is 224 g/mol. The normalized spacial score (nSPS) is 11.7. The minimum absolute atomic E-state index is 0.253. The first-order valence-electron chi connectivity index (χ1n) is 5.40. The number of amides is 1. The lowest BCUT2D eigenvalue weighted by atomic mass is 10.0. The smallest absolute Gasteiger partial charge is 0.219 e. The molecule has 1 heterocycles. The summed E-state index contributed by atoms with van der Waals surface area (Å²) in [5.41, 5.74) is 4.92. The Labute approximate surface area is 96.0 Å². The van der Waals surface area contributed by atoms with Gasteiger partial charge in [0.25, 0.3) is 0 Å². The first kappa shape index (κ1) is 12.7. The van der Waals surface area contributed by atoms with E-state index in [1.807, 2.05) is 31.7 Å². The Bertz CT molecular complexity index is 357. The average Bonchev–Trinajstić information content (AvgIpc) is 2.49. The van der Waals surface area contributed by atoms with Gasteiger partial charge in [0.2, 0.25) is 5.91 Å². The van der Waals surface area contributed by atoms with E-state index < -0.39 is 0 Å². The molecule has 1 rings (SSSR count). The summed E-state index contributed by atoms with van der Waals surface area (Å²) in [6.07, 6.45) is 4.88. The highest BCUT2D eigenvalue weighted by Crippen LogP contribution is 2.07. The fraction of sp³-hybridized carbons (Fsp3) is 0.636. The SMILES string of the molecule is Cn1ccnc1CCNC(C)(C)CC(N)=O. The Balaban J connectivity index is 2.35. The lowest BCUT2D eigenvalue weighted by Gasteiger charge is -2.24. The molecule has 1 aromatic rings. The van der Waals surface area contributed by atoms with Crippen molar-refractivity contribution in [2.24, 2.45) is 12.8 Å². The van der Waals surface area contributed by atoms with Crippen LogP contribution in [-0.2, 0) is 18.3 Å². The Morgan fingerprint density at radius 1 is 1.62 bits per heavy atom. The van der Waals surface area contributed by atoms with E-state index in [2.05, 4.69) is 10.3 Å². The number of imidazole rings is 1. The number of primary amides is 1. The van der Waals surface area contributed by atoms with E-state index in [1.54, 1.807) is 6.20 Å². The molecule has 0 spiro atoms. The van der Waals surface area contributed by atoms with Crippen LogP contribution < -0.4 is 11.1 Å². The predicted molar refractivity (Wildman–Crippen MR) is 62.8 cm³/mol. The molecule has 0 unspecified atom stereocenters. The van der Waals surface area contributed by atoms with Gasteiger partial charge in [-0.1, -0.05) is 0 Å². The molecule has 1 aromatic heterocycles. The Kier molecular flexibility index (Phi) is 4.06. The van der Waals surface area contributed by atoms with E-state index in [1.165, 1.54) is 0 Å². The number of aromatic nitrogens is 2. The van der Waals surface area contributed by atoms with Crippen LogP contribution >= 0.6 is 0 Å². The average molecular weight is 224 g/mol. The van der Waals surface area contributed by atoms with Gasteiger partial charge in [0.05, 0.1) is 0 Å². The molecule has 3 N–H and O–H groups in total. The summed E-state index contributed by atoms with van der Waals surface area (Å²) in [5.74, 6) is 0.747. The standard InChI is InChI=1S/C11H20N4O/c1-11(2,8-9(12)16)14-5-4-10-13-6-7-15(10)3/h6-7,14H,4-5,8H2,1-3H3,(H2,12,16). The second-order valence-corrected chi connectivity index (χ2v) is 4.66. The number of rotatable bonds is 6. The number of nitrogens with two attached hydrogens (primary N) is 1. The summed E-state index contributed by atoms with van der Waals surface area (Å²) in [4.78, 5) is 15.1. The molecule has 0 fully saturated rings. The van der Waals surface area contributed by atoms with Gasteiger partial charge in [-0.3, -0.25) is 4.79 Å². The zero-order valence-electron chi connectivity index (χ0n) is 10.2. The predicted octanol–water partition coefficient (Wildman–Crippen LogP) is 0.206. The van der Waals surface area contributed by atoms with Crippen LogP contribution in [0.5, 0.6) is 0 Å². The second kappa shape index (κ2) is 5.12. The molecule has 0 aliphatic rings. The highest BCUT2D eigenvalue weighted by Gasteiger charge is 2.19.